The van der Waals surface area contributed by atoms with Gasteiger partial charge < -0.3 is 15.5 Å². The summed E-state index contributed by atoms with van der Waals surface area (Å²) in [4.78, 5) is 39.8. The first-order valence-corrected chi connectivity index (χ1v) is 10.2. The summed E-state index contributed by atoms with van der Waals surface area (Å²) in [6.45, 7) is 1.93. The molecule has 2 N–H and O–H groups in total. The lowest BCUT2D eigenvalue weighted by Gasteiger charge is -2.36. The second kappa shape index (κ2) is 9.27. The first-order valence-electron chi connectivity index (χ1n) is 8.80. The van der Waals surface area contributed by atoms with E-state index in [2.05, 4.69) is 10.00 Å². The van der Waals surface area contributed by atoms with Gasteiger partial charge in [-0.15, -0.1) is 11.8 Å². The highest BCUT2D eigenvalue weighted by molar-refractivity contribution is 8.00. The molecule has 0 atom stereocenters. The Bertz CT molecular complexity index is 961. The Balaban J connectivity index is 1.59. The van der Waals surface area contributed by atoms with Gasteiger partial charge in [-0.3, -0.25) is 14.4 Å². The molecule has 1 aliphatic rings. The average molecular weight is 440 g/mol. The van der Waals surface area contributed by atoms with E-state index in [0.717, 1.165) is 22.1 Å². The summed E-state index contributed by atoms with van der Waals surface area (Å²) in [5.41, 5.74) is 5.38. The number of hydrogen-bond acceptors (Lipinski definition) is 6. The van der Waals surface area contributed by atoms with Gasteiger partial charge in [0.1, 0.15) is 17.4 Å². The fraction of sp³-hybridized carbons (Fsp3) is 0.333. The maximum absolute atomic E-state index is 13.1. The van der Waals surface area contributed by atoms with Crippen molar-refractivity contribution in [3.8, 4) is 0 Å². The van der Waals surface area contributed by atoms with E-state index in [1.807, 2.05) is 0 Å². The number of amides is 2. The predicted octanol–water partition coefficient (Wildman–Crippen LogP) is 0.962. The zero-order valence-electron chi connectivity index (χ0n) is 15.4. The lowest BCUT2D eigenvalue weighted by molar-refractivity contribution is -0.132. The summed E-state index contributed by atoms with van der Waals surface area (Å²) in [7, 11) is 0. The highest BCUT2D eigenvalue weighted by Crippen LogP contribution is 2.22. The topological polar surface area (TPSA) is 102 Å². The molecule has 1 aliphatic heterocycles. The largest absolute Gasteiger partial charge is 0.369 e. The summed E-state index contributed by atoms with van der Waals surface area (Å²) in [6, 6.07) is 6.21. The molecule has 2 aromatic rings. The number of piperazine rings is 1. The number of thioether (sulfide) groups is 1. The Hall–Kier alpha value is -2.59. The fourth-order valence-electron chi connectivity index (χ4n) is 2.91. The number of nitrogens with two attached hydrogens (primary N) is 1. The molecule has 0 saturated carbocycles. The molecule has 29 heavy (non-hydrogen) atoms. The molecule has 1 fully saturated rings. The summed E-state index contributed by atoms with van der Waals surface area (Å²) >= 11 is 7.06. The van der Waals surface area contributed by atoms with E-state index in [1.54, 1.807) is 17.0 Å². The lowest BCUT2D eigenvalue weighted by atomic mass is 10.2. The third kappa shape index (κ3) is 5.27. The smallest absolute Gasteiger partial charge is 0.287 e. The Morgan fingerprint density at radius 3 is 2.45 bits per heavy atom. The minimum Gasteiger partial charge on any atom is -0.369 e. The number of carbonyl (C=O) groups is 2. The van der Waals surface area contributed by atoms with E-state index in [9.17, 15) is 18.8 Å². The van der Waals surface area contributed by atoms with E-state index in [1.165, 1.54) is 18.3 Å². The van der Waals surface area contributed by atoms with Crippen LogP contribution in [0.3, 0.4) is 0 Å². The Morgan fingerprint density at radius 1 is 1.17 bits per heavy atom. The van der Waals surface area contributed by atoms with Gasteiger partial charge in [0, 0.05) is 31.9 Å². The molecular weight excluding hydrogens is 421 g/mol. The van der Waals surface area contributed by atoms with Crippen molar-refractivity contribution < 1.29 is 14.0 Å². The summed E-state index contributed by atoms with van der Waals surface area (Å²) in [6.07, 6.45) is 1.34. The first kappa shape index (κ1) is 21.1. The van der Waals surface area contributed by atoms with E-state index in [4.69, 9.17) is 17.3 Å². The zero-order chi connectivity index (χ0) is 21.0. The molecule has 0 unspecified atom stereocenters. The van der Waals surface area contributed by atoms with Crippen molar-refractivity contribution in [2.24, 2.45) is 5.73 Å². The van der Waals surface area contributed by atoms with Crippen LogP contribution in [0.2, 0.25) is 5.02 Å². The van der Waals surface area contributed by atoms with Gasteiger partial charge in [-0.1, -0.05) is 11.6 Å². The zero-order valence-corrected chi connectivity index (χ0v) is 17.0. The van der Waals surface area contributed by atoms with Crippen molar-refractivity contribution in [3.05, 3.63) is 51.7 Å². The molecule has 1 aromatic carbocycles. The number of benzene rings is 1. The van der Waals surface area contributed by atoms with Crippen LogP contribution >= 0.6 is 23.4 Å². The van der Waals surface area contributed by atoms with Gasteiger partial charge in [-0.2, -0.15) is 5.10 Å². The number of halogens is 2. The van der Waals surface area contributed by atoms with Gasteiger partial charge >= 0.3 is 0 Å². The average Bonchev–Trinajstić information content (AvgIpc) is 2.71. The van der Waals surface area contributed by atoms with Crippen LogP contribution in [-0.2, 0) is 16.1 Å². The van der Waals surface area contributed by atoms with Crippen LogP contribution in [0, 0.1) is 5.82 Å². The molecule has 2 amide bonds. The number of nitrogens with zero attached hydrogens (tertiary/aromatic N) is 4. The van der Waals surface area contributed by atoms with Crippen molar-refractivity contribution in [2.75, 3.05) is 36.8 Å². The third-order valence-electron chi connectivity index (χ3n) is 4.43. The molecule has 0 aliphatic carbocycles. The number of rotatable bonds is 6. The molecule has 11 heteroatoms. The standard InChI is InChI=1S/C18H19ClFN5O3S/c19-17-14(29-11-15(21)26)9-22-25(18(17)28)10-16(27)24-7-5-23(6-8-24)13-3-1-12(20)2-4-13/h1-4,9H,5-8,10-11H2,(H2,21,26). The van der Waals surface area contributed by atoms with Crippen molar-refractivity contribution in [1.82, 2.24) is 14.7 Å². The SMILES string of the molecule is NC(=O)CSc1cnn(CC(=O)N2CCN(c3ccc(F)cc3)CC2)c(=O)c1Cl. The number of hydrogen-bond donors (Lipinski definition) is 1. The predicted molar refractivity (Wildman–Crippen MR) is 109 cm³/mol. The molecule has 0 bridgehead atoms. The summed E-state index contributed by atoms with van der Waals surface area (Å²) < 4.78 is 14.1. The highest BCUT2D eigenvalue weighted by Gasteiger charge is 2.22. The molecule has 2 heterocycles. The van der Waals surface area contributed by atoms with Crippen molar-refractivity contribution in [3.63, 3.8) is 0 Å². The van der Waals surface area contributed by atoms with Gasteiger partial charge in [0.25, 0.3) is 5.56 Å². The van der Waals surface area contributed by atoms with Gasteiger partial charge in [0.05, 0.1) is 16.8 Å². The van der Waals surface area contributed by atoms with Crippen molar-refractivity contribution in [2.45, 2.75) is 11.4 Å². The van der Waals surface area contributed by atoms with Crippen molar-refractivity contribution >= 4 is 40.9 Å². The summed E-state index contributed by atoms with van der Waals surface area (Å²) in [5, 5.41) is 3.88. The van der Waals surface area contributed by atoms with E-state index in [0.29, 0.717) is 31.1 Å². The number of aromatic nitrogens is 2. The van der Waals surface area contributed by atoms with Gasteiger partial charge in [0.15, 0.2) is 0 Å². The van der Waals surface area contributed by atoms with Crippen LogP contribution in [0.4, 0.5) is 10.1 Å². The molecule has 0 spiro atoms. The van der Waals surface area contributed by atoms with Crippen LogP contribution in [0.5, 0.6) is 0 Å². The van der Waals surface area contributed by atoms with Gasteiger partial charge in [-0.05, 0) is 24.3 Å². The molecule has 0 radical (unpaired) electrons. The molecule has 1 aromatic heterocycles. The maximum Gasteiger partial charge on any atom is 0.287 e. The highest BCUT2D eigenvalue weighted by atomic mass is 35.5. The molecule has 8 nitrogen and oxygen atoms in total. The minimum absolute atomic E-state index is 0.0257. The quantitative estimate of drug-likeness (QED) is 0.673. The van der Waals surface area contributed by atoms with Gasteiger partial charge in [-0.25, -0.2) is 9.07 Å². The maximum atomic E-state index is 13.1. The van der Waals surface area contributed by atoms with Crippen LogP contribution in [-0.4, -0.2) is 58.4 Å². The Morgan fingerprint density at radius 2 is 1.83 bits per heavy atom. The van der Waals surface area contributed by atoms with Crippen LogP contribution < -0.4 is 16.2 Å². The normalized spacial score (nSPS) is 14.1. The molecule has 3 rings (SSSR count). The van der Waals surface area contributed by atoms with E-state index >= 15 is 0 Å². The molecule has 1 saturated heterocycles. The Kier molecular flexibility index (Phi) is 6.75. The number of primary amides is 1. The van der Waals surface area contributed by atoms with Crippen LogP contribution in [0.15, 0.2) is 40.2 Å². The van der Waals surface area contributed by atoms with Gasteiger partial charge in [0.2, 0.25) is 11.8 Å². The second-order valence-electron chi connectivity index (χ2n) is 6.38. The van der Waals surface area contributed by atoms with Crippen LogP contribution in [0.1, 0.15) is 0 Å². The lowest BCUT2D eigenvalue weighted by Crippen LogP contribution is -2.50. The second-order valence-corrected chi connectivity index (χ2v) is 7.78. The summed E-state index contributed by atoms with van der Waals surface area (Å²) in [5.74, 6) is -1.10. The molecule has 154 valence electrons. The van der Waals surface area contributed by atoms with Crippen molar-refractivity contribution in [1.29, 1.82) is 0 Å². The number of carbonyl (C=O) groups excluding carboxylic acids is 2. The minimum atomic E-state index is -0.598. The Labute approximate surface area is 175 Å². The van der Waals surface area contributed by atoms with E-state index in [-0.39, 0.29) is 29.0 Å². The molecular formula is C18H19ClFN5O3S. The first-order chi connectivity index (χ1) is 13.8. The van der Waals surface area contributed by atoms with E-state index < -0.39 is 11.5 Å². The van der Waals surface area contributed by atoms with Crippen LogP contribution in [0.25, 0.3) is 0 Å². The monoisotopic (exact) mass is 439 g/mol. The number of anilines is 1. The third-order valence-corrected chi connectivity index (χ3v) is 5.96. The fourth-order valence-corrected chi connectivity index (χ4v) is 3.85.